The smallest absolute Gasteiger partial charge is 0.257 e. The van der Waals surface area contributed by atoms with E-state index in [1.54, 1.807) is 20.1 Å². The summed E-state index contributed by atoms with van der Waals surface area (Å²) in [5.41, 5.74) is 0.239. The minimum Gasteiger partial charge on any atom is -0.472 e. The second kappa shape index (κ2) is 6.54. The molecule has 1 saturated heterocycles. The number of methoxy groups -OCH3 is 1. The van der Waals surface area contributed by atoms with E-state index >= 15 is 0 Å². The molecule has 0 bridgehead atoms. The molecule has 1 aliphatic heterocycles. The molecule has 124 valence electrons. The minimum absolute atomic E-state index is 0.0274. The summed E-state index contributed by atoms with van der Waals surface area (Å²) >= 11 is 0. The maximum Gasteiger partial charge on any atom is 0.257 e. The molecule has 1 amide bonds. The third-order valence-electron chi connectivity index (χ3n) is 4.42. The van der Waals surface area contributed by atoms with Crippen molar-refractivity contribution in [3.05, 3.63) is 35.9 Å². The summed E-state index contributed by atoms with van der Waals surface area (Å²) < 4.78 is 15.5. The van der Waals surface area contributed by atoms with Gasteiger partial charge in [0.1, 0.15) is 6.26 Å². The van der Waals surface area contributed by atoms with Gasteiger partial charge in [0.25, 0.3) is 5.91 Å². The lowest BCUT2D eigenvalue weighted by Crippen LogP contribution is -2.49. The highest BCUT2D eigenvalue weighted by atomic mass is 16.5. The fraction of sp³-hybridized carbons (Fsp3) is 0.562. The van der Waals surface area contributed by atoms with Crippen molar-refractivity contribution in [2.75, 3.05) is 26.8 Å². The van der Waals surface area contributed by atoms with Crippen LogP contribution in [-0.2, 0) is 10.2 Å². The van der Waals surface area contributed by atoms with Crippen LogP contribution in [0.4, 0.5) is 0 Å². The Bertz CT molecular complexity index is 652. The third-order valence-corrected chi connectivity index (χ3v) is 4.42. The molecule has 0 aliphatic carbocycles. The normalized spacial score (nSPS) is 21.6. The Balaban J connectivity index is 1.85. The Morgan fingerprint density at radius 3 is 3.04 bits per heavy atom. The summed E-state index contributed by atoms with van der Waals surface area (Å²) in [6, 6.07) is 1.69. The van der Waals surface area contributed by atoms with Gasteiger partial charge >= 0.3 is 0 Å². The average molecular weight is 319 g/mol. The van der Waals surface area contributed by atoms with E-state index in [9.17, 15) is 4.79 Å². The van der Waals surface area contributed by atoms with E-state index in [-0.39, 0.29) is 11.3 Å². The van der Waals surface area contributed by atoms with Crippen LogP contribution in [0.2, 0.25) is 0 Å². The number of carbonyl (C=O) groups excluding carboxylic acids is 1. The van der Waals surface area contributed by atoms with Gasteiger partial charge in [-0.25, -0.2) is 0 Å². The highest BCUT2D eigenvalue weighted by molar-refractivity contribution is 5.94. The molecule has 3 heterocycles. The molecular weight excluding hydrogens is 298 g/mol. The van der Waals surface area contributed by atoms with Gasteiger partial charge in [-0.15, -0.1) is 0 Å². The van der Waals surface area contributed by atoms with Crippen LogP contribution >= 0.6 is 0 Å². The number of nitrogens with zero attached hydrogens (tertiary/aromatic N) is 3. The Morgan fingerprint density at radius 1 is 1.52 bits per heavy atom. The zero-order valence-electron chi connectivity index (χ0n) is 13.4. The number of aromatic nitrogens is 2. The molecule has 0 spiro atoms. The predicted octanol–water partition coefficient (Wildman–Crippen LogP) is 2.18. The summed E-state index contributed by atoms with van der Waals surface area (Å²) in [4.78, 5) is 18.9. The van der Waals surface area contributed by atoms with Crippen LogP contribution in [0, 0.1) is 6.92 Å². The molecule has 0 radical (unpaired) electrons. The second-order valence-corrected chi connectivity index (χ2v) is 6.00. The molecule has 0 saturated carbocycles. The first-order chi connectivity index (χ1) is 11.1. The highest BCUT2D eigenvalue weighted by Gasteiger charge is 2.42. The number of hydrogen-bond acceptors (Lipinski definition) is 6. The van der Waals surface area contributed by atoms with Crippen LogP contribution < -0.4 is 0 Å². The lowest BCUT2D eigenvalue weighted by atomic mass is 9.76. The van der Waals surface area contributed by atoms with Crippen LogP contribution in [0.15, 0.2) is 27.5 Å². The first-order valence-electron chi connectivity index (χ1n) is 7.76. The molecule has 7 heteroatoms. The number of amides is 1. The van der Waals surface area contributed by atoms with Gasteiger partial charge in [-0.3, -0.25) is 4.79 Å². The van der Waals surface area contributed by atoms with Crippen LogP contribution in [0.25, 0.3) is 0 Å². The number of ether oxygens (including phenoxy) is 1. The van der Waals surface area contributed by atoms with Crippen LogP contribution in [-0.4, -0.2) is 47.8 Å². The van der Waals surface area contributed by atoms with Crippen molar-refractivity contribution in [1.29, 1.82) is 0 Å². The van der Waals surface area contributed by atoms with Crippen molar-refractivity contribution in [3.63, 3.8) is 0 Å². The third kappa shape index (κ3) is 3.14. The van der Waals surface area contributed by atoms with E-state index in [4.69, 9.17) is 13.7 Å². The van der Waals surface area contributed by atoms with E-state index in [1.165, 1.54) is 12.5 Å². The van der Waals surface area contributed by atoms with Gasteiger partial charge < -0.3 is 18.6 Å². The summed E-state index contributed by atoms with van der Waals surface area (Å²) in [6.07, 6.45) is 5.53. The predicted molar refractivity (Wildman–Crippen MR) is 81.1 cm³/mol. The topological polar surface area (TPSA) is 81.6 Å². The van der Waals surface area contributed by atoms with Crippen molar-refractivity contribution >= 4 is 5.91 Å². The van der Waals surface area contributed by atoms with Crippen LogP contribution in [0.3, 0.4) is 0 Å². The number of rotatable bonds is 5. The van der Waals surface area contributed by atoms with Gasteiger partial charge in [0.2, 0.25) is 5.89 Å². The lowest BCUT2D eigenvalue weighted by Gasteiger charge is -2.40. The van der Waals surface area contributed by atoms with Gasteiger partial charge in [0.05, 0.1) is 17.2 Å². The summed E-state index contributed by atoms with van der Waals surface area (Å²) in [7, 11) is 1.67. The monoisotopic (exact) mass is 319 g/mol. The molecule has 7 nitrogen and oxygen atoms in total. The number of likely N-dealkylation sites (tertiary alicyclic amines) is 1. The quantitative estimate of drug-likeness (QED) is 0.840. The summed E-state index contributed by atoms with van der Waals surface area (Å²) in [6.45, 7) is 3.63. The first kappa shape index (κ1) is 15.7. The molecule has 0 aromatic carbocycles. The van der Waals surface area contributed by atoms with Crippen molar-refractivity contribution in [3.8, 4) is 0 Å². The van der Waals surface area contributed by atoms with Crippen LogP contribution in [0.5, 0.6) is 0 Å². The van der Waals surface area contributed by atoms with Crippen LogP contribution in [0.1, 0.15) is 41.3 Å². The zero-order valence-corrected chi connectivity index (χ0v) is 13.4. The van der Waals surface area contributed by atoms with Crippen molar-refractivity contribution in [2.45, 2.75) is 31.6 Å². The maximum absolute atomic E-state index is 12.6. The minimum atomic E-state index is -0.328. The van der Waals surface area contributed by atoms with Gasteiger partial charge in [0, 0.05) is 33.7 Å². The van der Waals surface area contributed by atoms with E-state index < -0.39 is 0 Å². The Labute approximate surface area is 134 Å². The van der Waals surface area contributed by atoms with E-state index in [0.717, 1.165) is 25.8 Å². The molecule has 2 aromatic rings. The molecule has 1 fully saturated rings. The van der Waals surface area contributed by atoms with Gasteiger partial charge in [-0.1, -0.05) is 5.16 Å². The lowest BCUT2D eigenvalue weighted by molar-refractivity contribution is 0.0566. The zero-order chi connectivity index (χ0) is 16.3. The number of aryl methyl sites for hydroxylation is 1. The molecule has 23 heavy (non-hydrogen) atoms. The molecule has 0 N–H and O–H groups in total. The van der Waals surface area contributed by atoms with Crippen molar-refractivity contribution < 1.29 is 18.5 Å². The van der Waals surface area contributed by atoms with Crippen molar-refractivity contribution in [2.24, 2.45) is 0 Å². The van der Waals surface area contributed by atoms with Gasteiger partial charge in [0.15, 0.2) is 5.82 Å². The summed E-state index contributed by atoms with van der Waals surface area (Å²) in [5.74, 6) is 1.17. The van der Waals surface area contributed by atoms with E-state index in [1.807, 2.05) is 4.90 Å². The number of carbonyl (C=O) groups is 1. The maximum atomic E-state index is 12.6. The molecule has 1 aliphatic rings. The second-order valence-electron chi connectivity index (χ2n) is 6.00. The molecule has 1 atom stereocenters. The molecule has 1 unspecified atom stereocenters. The largest absolute Gasteiger partial charge is 0.472 e. The van der Waals surface area contributed by atoms with Gasteiger partial charge in [-0.05, 0) is 25.3 Å². The molecule has 3 rings (SSSR count). The number of hydrogen-bond donors (Lipinski definition) is 0. The Kier molecular flexibility index (Phi) is 4.47. The first-order valence-corrected chi connectivity index (χ1v) is 7.76. The van der Waals surface area contributed by atoms with E-state index in [0.29, 0.717) is 30.4 Å². The SMILES string of the molecule is COCCC1(c2noc(C)n2)CCCN(C(=O)c2ccoc2)C1. The standard InChI is InChI=1S/C16H21N3O4/c1-12-17-15(18-23-12)16(6-9-21-2)5-3-7-19(11-16)14(20)13-4-8-22-10-13/h4,8,10H,3,5-7,9,11H2,1-2H3. The fourth-order valence-electron chi connectivity index (χ4n) is 3.18. The van der Waals surface area contributed by atoms with Gasteiger partial charge in [-0.2, -0.15) is 4.98 Å². The number of furan rings is 1. The average Bonchev–Trinajstić information content (AvgIpc) is 3.24. The number of piperidine rings is 1. The highest BCUT2D eigenvalue weighted by Crippen LogP contribution is 2.36. The Morgan fingerprint density at radius 2 is 2.39 bits per heavy atom. The van der Waals surface area contributed by atoms with Crippen molar-refractivity contribution in [1.82, 2.24) is 15.0 Å². The summed E-state index contributed by atoms with van der Waals surface area (Å²) in [5, 5.41) is 4.12. The fourth-order valence-corrected chi connectivity index (χ4v) is 3.18. The van der Waals surface area contributed by atoms with E-state index in [2.05, 4.69) is 10.1 Å². The molecular formula is C16H21N3O4. The molecule has 2 aromatic heterocycles. The Hall–Kier alpha value is -2.15.